The highest BCUT2D eigenvalue weighted by atomic mass is 32.1. The molecule has 1 saturated heterocycles. The van der Waals surface area contributed by atoms with Crippen LogP contribution in [0.3, 0.4) is 0 Å². The fourth-order valence-corrected chi connectivity index (χ4v) is 2.24. The highest BCUT2D eigenvalue weighted by molar-refractivity contribution is 7.09. The Morgan fingerprint density at radius 2 is 2.46 bits per heavy atom. The number of hydrogen-bond acceptors (Lipinski definition) is 4. The molecule has 0 aliphatic carbocycles. The molecule has 0 bridgehead atoms. The van der Waals surface area contributed by atoms with Gasteiger partial charge in [0.1, 0.15) is 5.01 Å². The van der Waals surface area contributed by atoms with E-state index in [1.807, 2.05) is 11.6 Å². The molecule has 1 aliphatic rings. The van der Waals surface area contributed by atoms with E-state index in [2.05, 4.69) is 29.2 Å². The summed E-state index contributed by atoms with van der Waals surface area (Å²) in [5, 5.41) is 6.54. The largest absolute Gasteiger partial charge is 0.314 e. The van der Waals surface area contributed by atoms with Gasteiger partial charge in [-0.25, -0.2) is 4.98 Å². The molecule has 0 saturated carbocycles. The minimum atomic E-state index is 0.451. The van der Waals surface area contributed by atoms with E-state index < -0.39 is 0 Å². The van der Waals surface area contributed by atoms with Crippen molar-refractivity contribution >= 4 is 11.3 Å². The lowest BCUT2D eigenvalue weighted by atomic mass is 10.1. The third kappa shape index (κ3) is 1.75. The molecular formula is C9H15N3S. The average Bonchev–Trinajstić information content (AvgIpc) is 2.51. The van der Waals surface area contributed by atoms with Crippen molar-refractivity contribution < 1.29 is 0 Å². The molecule has 13 heavy (non-hydrogen) atoms. The van der Waals surface area contributed by atoms with Crippen molar-refractivity contribution in [1.29, 1.82) is 0 Å². The van der Waals surface area contributed by atoms with Crippen molar-refractivity contribution in [2.75, 3.05) is 20.1 Å². The average molecular weight is 197 g/mol. The maximum Gasteiger partial charge on any atom is 0.109 e. The SMILES string of the molecule is CC(c1nccs1)N(C)C1CNC1. The van der Waals surface area contributed by atoms with Crippen LogP contribution in [0.1, 0.15) is 18.0 Å². The van der Waals surface area contributed by atoms with Crippen LogP contribution in [0.15, 0.2) is 11.6 Å². The zero-order valence-corrected chi connectivity index (χ0v) is 8.84. The Morgan fingerprint density at radius 1 is 1.69 bits per heavy atom. The first-order valence-corrected chi connectivity index (χ1v) is 5.49. The summed E-state index contributed by atoms with van der Waals surface area (Å²) in [5.41, 5.74) is 0. The summed E-state index contributed by atoms with van der Waals surface area (Å²) in [6.45, 7) is 4.45. The van der Waals surface area contributed by atoms with Gasteiger partial charge in [0.15, 0.2) is 0 Å². The number of nitrogens with one attached hydrogen (secondary N) is 1. The molecule has 1 N–H and O–H groups in total. The van der Waals surface area contributed by atoms with Crippen LogP contribution in [0.4, 0.5) is 0 Å². The van der Waals surface area contributed by atoms with Gasteiger partial charge in [-0.1, -0.05) is 0 Å². The fourth-order valence-electron chi connectivity index (χ4n) is 1.49. The molecule has 1 unspecified atom stereocenters. The second-order valence-corrected chi connectivity index (χ2v) is 4.45. The van der Waals surface area contributed by atoms with E-state index in [4.69, 9.17) is 0 Å². The lowest BCUT2D eigenvalue weighted by molar-refractivity contribution is 0.136. The first-order valence-electron chi connectivity index (χ1n) is 4.61. The standard InChI is InChI=1S/C9H15N3S/c1-7(9-11-3-4-13-9)12(2)8-5-10-6-8/h3-4,7-8,10H,5-6H2,1-2H3. The molecule has 2 heterocycles. The first-order chi connectivity index (χ1) is 6.29. The summed E-state index contributed by atoms with van der Waals surface area (Å²) < 4.78 is 0. The molecule has 1 atom stereocenters. The van der Waals surface area contributed by atoms with Gasteiger partial charge in [0, 0.05) is 30.7 Å². The monoisotopic (exact) mass is 197 g/mol. The molecule has 0 aromatic carbocycles. The van der Waals surface area contributed by atoms with Gasteiger partial charge in [0.2, 0.25) is 0 Å². The zero-order valence-electron chi connectivity index (χ0n) is 8.03. The Hall–Kier alpha value is -0.450. The van der Waals surface area contributed by atoms with E-state index in [1.54, 1.807) is 11.3 Å². The number of thiazole rings is 1. The molecule has 1 fully saturated rings. The number of nitrogens with zero attached hydrogens (tertiary/aromatic N) is 2. The van der Waals surface area contributed by atoms with Crippen LogP contribution in [0.2, 0.25) is 0 Å². The summed E-state index contributed by atoms with van der Waals surface area (Å²) >= 11 is 1.74. The molecule has 4 heteroatoms. The maximum atomic E-state index is 4.33. The summed E-state index contributed by atoms with van der Waals surface area (Å²) in [6.07, 6.45) is 1.88. The summed E-state index contributed by atoms with van der Waals surface area (Å²) in [4.78, 5) is 6.73. The highest BCUT2D eigenvalue weighted by Crippen LogP contribution is 2.23. The van der Waals surface area contributed by atoms with E-state index in [0.29, 0.717) is 12.1 Å². The van der Waals surface area contributed by atoms with E-state index in [9.17, 15) is 0 Å². The van der Waals surface area contributed by atoms with Crippen LogP contribution < -0.4 is 5.32 Å². The van der Waals surface area contributed by atoms with Crippen molar-refractivity contribution in [3.8, 4) is 0 Å². The lowest BCUT2D eigenvalue weighted by Crippen LogP contribution is -2.56. The van der Waals surface area contributed by atoms with Crippen LogP contribution in [-0.4, -0.2) is 36.1 Å². The van der Waals surface area contributed by atoms with Gasteiger partial charge in [-0.05, 0) is 14.0 Å². The van der Waals surface area contributed by atoms with Crippen LogP contribution in [0, 0.1) is 0 Å². The van der Waals surface area contributed by atoms with Gasteiger partial charge in [-0.3, -0.25) is 4.90 Å². The molecular weight excluding hydrogens is 182 g/mol. The molecule has 1 aromatic heterocycles. The van der Waals surface area contributed by atoms with E-state index in [0.717, 1.165) is 13.1 Å². The van der Waals surface area contributed by atoms with E-state index in [-0.39, 0.29) is 0 Å². The number of hydrogen-bond donors (Lipinski definition) is 1. The first kappa shape index (κ1) is 9.12. The van der Waals surface area contributed by atoms with Crippen LogP contribution in [0.5, 0.6) is 0 Å². The molecule has 0 spiro atoms. The fraction of sp³-hybridized carbons (Fsp3) is 0.667. The summed E-state index contributed by atoms with van der Waals surface area (Å²) in [6, 6.07) is 1.14. The van der Waals surface area contributed by atoms with Crippen molar-refractivity contribution in [3.63, 3.8) is 0 Å². The van der Waals surface area contributed by atoms with Gasteiger partial charge < -0.3 is 5.32 Å². The third-order valence-electron chi connectivity index (χ3n) is 2.76. The normalized spacial score (nSPS) is 20.2. The van der Waals surface area contributed by atoms with Crippen LogP contribution >= 0.6 is 11.3 Å². The van der Waals surface area contributed by atoms with Crippen molar-refractivity contribution in [2.24, 2.45) is 0 Å². The third-order valence-corrected chi connectivity index (χ3v) is 3.70. The van der Waals surface area contributed by atoms with Crippen molar-refractivity contribution in [1.82, 2.24) is 15.2 Å². The number of likely N-dealkylation sites (N-methyl/N-ethyl adjacent to an activating group) is 1. The Morgan fingerprint density at radius 3 is 2.92 bits per heavy atom. The highest BCUT2D eigenvalue weighted by Gasteiger charge is 2.26. The van der Waals surface area contributed by atoms with Crippen molar-refractivity contribution in [3.05, 3.63) is 16.6 Å². The summed E-state index contributed by atoms with van der Waals surface area (Å²) in [7, 11) is 2.18. The molecule has 1 aromatic rings. The number of aromatic nitrogens is 1. The van der Waals surface area contributed by atoms with Crippen LogP contribution in [-0.2, 0) is 0 Å². The minimum absolute atomic E-state index is 0.451. The van der Waals surface area contributed by atoms with Gasteiger partial charge >= 0.3 is 0 Å². The quantitative estimate of drug-likeness (QED) is 0.786. The number of rotatable bonds is 3. The van der Waals surface area contributed by atoms with Crippen molar-refractivity contribution in [2.45, 2.75) is 19.0 Å². The van der Waals surface area contributed by atoms with Crippen LogP contribution in [0.25, 0.3) is 0 Å². The Bertz CT molecular complexity index is 256. The van der Waals surface area contributed by atoms with Gasteiger partial charge in [0.05, 0.1) is 6.04 Å². The molecule has 2 rings (SSSR count). The lowest BCUT2D eigenvalue weighted by Gasteiger charge is -2.38. The summed E-state index contributed by atoms with van der Waals surface area (Å²) in [5.74, 6) is 0. The predicted octanol–water partition coefficient (Wildman–Crippen LogP) is 1.11. The van der Waals surface area contributed by atoms with Gasteiger partial charge in [-0.2, -0.15) is 0 Å². The molecule has 1 aliphatic heterocycles. The molecule has 0 amide bonds. The Labute approximate surface area is 82.8 Å². The molecule has 3 nitrogen and oxygen atoms in total. The molecule has 0 radical (unpaired) electrons. The smallest absolute Gasteiger partial charge is 0.109 e. The van der Waals surface area contributed by atoms with E-state index in [1.165, 1.54) is 5.01 Å². The maximum absolute atomic E-state index is 4.33. The minimum Gasteiger partial charge on any atom is -0.314 e. The van der Waals surface area contributed by atoms with Gasteiger partial charge in [0.25, 0.3) is 0 Å². The molecule has 72 valence electrons. The van der Waals surface area contributed by atoms with Gasteiger partial charge in [-0.15, -0.1) is 11.3 Å². The Balaban J connectivity index is 1.99. The topological polar surface area (TPSA) is 28.2 Å². The van der Waals surface area contributed by atoms with E-state index >= 15 is 0 Å². The second-order valence-electron chi connectivity index (χ2n) is 3.52. The Kier molecular flexibility index (Phi) is 2.62. The second kappa shape index (κ2) is 3.74. The predicted molar refractivity (Wildman–Crippen MR) is 54.9 cm³/mol. The zero-order chi connectivity index (χ0) is 9.26.